The summed E-state index contributed by atoms with van der Waals surface area (Å²) < 4.78 is 0. The molecule has 2 unspecified atom stereocenters. The Labute approximate surface area is 229 Å². The van der Waals surface area contributed by atoms with E-state index in [9.17, 15) is 19.6 Å². The number of benzene rings is 2. The van der Waals surface area contributed by atoms with Crippen molar-refractivity contribution in [2.75, 3.05) is 25.0 Å². The van der Waals surface area contributed by atoms with Gasteiger partial charge in [0.1, 0.15) is 5.54 Å². The van der Waals surface area contributed by atoms with E-state index in [0.29, 0.717) is 5.56 Å². The van der Waals surface area contributed by atoms with Gasteiger partial charge in [0, 0.05) is 48.0 Å². The van der Waals surface area contributed by atoms with Gasteiger partial charge < -0.3 is 9.80 Å². The lowest BCUT2D eigenvalue weighted by Crippen LogP contribution is -2.53. The Kier molecular flexibility index (Phi) is 6.66. The second-order valence-corrected chi connectivity index (χ2v) is 10.0. The van der Waals surface area contributed by atoms with Crippen molar-refractivity contribution in [1.82, 2.24) is 14.8 Å². The van der Waals surface area contributed by atoms with Crippen LogP contribution in [-0.2, 0) is 9.59 Å². The number of rotatable bonds is 4. The van der Waals surface area contributed by atoms with Crippen molar-refractivity contribution in [1.29, 1.82) is 5.26 Å². The molecule has 2 saturated heterocycles. The number of aromatic nitrogens is 1. The molecule has 0 saturated carbocycles. The van der Waals surface area contributed by atoms with Crippen LogP contribution >= 0.6 is 23.2 Å². The van der Waals surface area contributed by atoms with Gasteiger partial charge in [-0.05, 0) is 59.7 Å². The van der Waals surface area contributed by atoms with Crippen molar-refractivity contribution in [3.05, 3.63) is 99.8 Å². The zero-order valence-electron chi connectivity index (χ0n) is 20.2. The summed E-state index contributed by atoms with van der Waals surface area (Å²) in [6.45, 7) is 0.183. The van der Waals surface area contributed by atoms with Gasteiger partial charge in [-0.3, -0.25) is 14.6 Å². The number of halogens is 2. The first-order valence-corrected chi connectivity index (χ1v) is 12.5. The predicted octanol–water partition coefficient (Wildman–Crippen LogP) is 4.74. The molecule has 2 fully saturated rings. The Hall–Kier alpha value is -4.19. The van der Waals surface area contributed by atoms with E-state index in [1.807, 2.05) is 0 Å². The zero-order chi connectivity index (χ0) is 27.0. The van der Waals surface area contributed by atoms with Gasteiger partial charge in [-0.1, -0.05) is 35.3 Å². The van der Waals surface area contributed by atoms with Crippen molar-refractivity contribution in [3.8, 4) is 6.07 Å². The van der Waals surface area contributed by atoms with Crippen molar-refractivity contribution in [2.45, 2.75) is 11.5 Å². The van der Waals surface area contributed by atoms with E-state index >= 15 is 0 Å². The lowest BCUT2D eigenvalue weighted by atomic mass is 9.80. The number of likely N-dealkylation sites (N-methyl/N-ethyl adjacent to an activating group) is 1. The predicted molar refractivity (Wildman–Crippen MR) is 144 cm³/mol. The number of likely N-dealkylation sites (tertiary alicyclic amines) is 1. The molecule has 0 N–H and O–H groups in total. The summed E-state index contributed by atoms with van der Waals surface area (Å²) in [4.78, 5) is 49.0. The summed E-state index contributed by atoms with van der Waals surface area (Å²) in [7, 11) is 1.56. The van der Waals surface area contributed by atoms with Crippen LogP contribution < -0.4 is 4.90 Å². The fraction of sp³-hybridized carbons (Fsp3) is 0.179. The molecule has 2 aliphatic rings. The van der Waals surface area contributed by atoms with Gasteiger partial charge in [-0.2, -0.15) is 5.26 Å². The van der Waals surface area contributed by atoms with Gasteiger partial charge >= 0.3 is 6.03 Å². The van der Waals surface area contributed by atoms with Crippen LogP contribution in [-0.4, -0.2) is 58.3 Å². The number of amides is 4. The topological polar surface area (TPSA) is 97.6 Å². The lowest BCUT2D eigenvalue weighted by Gasteiger charge is -2.33. The summed E-state index contributed by atoms with van der Waals surface area (Å²) >= 11 is 12.4. The molecule has 190 valence electrons. The van der Waals surface area contributed by atoms with E-state index < -0.39 is 23.4 Å². The van der Waals surface area contributed by atoms with Crippen LogP contribution in [0, 0.1) is 11.3 Å². The first-order valence-electron chi connectivity index (χ1n) is 11.7. The molecule has 1 aromatic heterocycles. The fourth-order valence-corrected chi connectivity index (χ4v) is 5.64. The Morgan fingerprint density at radius 1 is 1.08 bits per heavy atom. The standard InChI is InChI=1S/C28H21Cl2N5O3/c1-33-27(38)35(23-13-21(29)12-22(30)14-23)26(37)28(33)17-34(25(36)7-4-18-8-10-32-11-9-18)16-24(28)20-5-2-19(15-31)3-6-20/h2-14,24H,16-17H2,1H3/b7-4+. The minimum Gasteiger partial charge on any atom is -0.336 e. The van der Waals surface area contributed by atoms with Gasteiger partial charge in [0.25, 0.3) is 5.91 Å². The van der Waals surface area contributed by atoms with Gasteiger partial charge in [-0.25, -0.2) is 9.69 Å². The molecule has 38 heavy (non-hydrogen) atoms. The van der Waals surface area contributed by atoms with Crippen LogP contribution in [0.2, 0.25) is 10.0 Å². The second kappa shape index (κ2) is 9.93. The highest BCUT2D eigenvalue weighted by molar-refractivity contribution is 6.36. The third kappa shape index (κ3) is 4.30. The van der Waals surface area contributed by atoms with Gasteiger partial charge in [-0.15, -0.1) is 0 Å². The number of carbonyl (C=O) groups is 3. The number of pyridine rings is 1. The molecule has 2 aromatic carbocycles. The van der Waals surface area contributed by atoms with E-state index in [-0.39, 0.29) is 34.7 Å². The summed E-state index contributed by atoms with van der Waals surface area (Å²) in [5, 5.41) is 9.81. The van der Waals surface area contributed by atoms with Crippen LogP contribution in [0.5, 0.6) is 0 Å². The molecular formula is C28H21Cl2N5O3. The fourth-order valence-electron chi connectivity index (χ4n) is 5.12. The molecule has 0 bridgehead atoms. The average Bonchev–Trinajstić information content (AvgIpc) is 3.40. The van der Waals surface area contributed by atoms with Gasteiger partial charge in [0.15, 0.2) is 0 Å². The first kappa shape index (κ1) is 25.5. The molecule has 10 heteroatoms. The summed E-state index contributed by atoms with van der Waals surface area (Å²) in [5.41, 5.74) is 0.879. The number of imide groups is 1. The van der Waals surface area contributed by atoms with Crippen molar-refractivity contribution >= 4 is 52.8 Å². The molecule has 0 aliphatic carbocycles. The van der Waals surface area contributed by atoms with Crippen LogP contribution in [0.3, 0.4) is 0 Å². The number of nitriles is 1. The van der Waals surface area contributed by atoms with Crippen molar-refractivity contribution in [3.63, 3.8) is 0 Å². The molecule has 1 spiro atoms. The molecule has 3 aromatic rings. The maximum atomic E-state index is 14.2. The number of anilines is 1. The SMILES string of the molecule is CN1C(=O)N(c2cc(Cl)cc(Cl)c2)C(=O)C12CN(C(=O)/C=C/c1ccncc1)CC2c1ccc(C#N)cc1. The van der Waals surface area contributed by atoms with E-state index in [0.717, 1.165) is 16.0 Å². The monoisotopic (exact) mass is 545 g/mol. The zero-order valence-corrected chi connectivity index (χ0v) is 21.7. The van der Waals surface area contributed by atoms with E-state index in [1.54, 1.807) is 66.8 Å². The largest absolute Gasteiger partial charge is 0.336 e. The number of carbonyl (C=O) groups excluding carboxylic acids is 3. The number of urea groups is 1. The Balaban J connectivity index is 1.56. The maximum Gasteiger partial charge on any atom is 0.332 e. The summed E-state index contributed by atoms with van der Waals surface area (Å²) in [5.74, 6) is -1.32. The van der Waals surface area contributed by atoms with Crippen molar-refractivity contribution < 1.29 is 14.4 Å². The van der Waals surface area contributed by atoms with Gasteiger partial charge in [0.2, 0.25) is 5.91 Å². The highest BCUT2D eigenvalue weighted by Gasteiger charge is 2.64. The smallest absolute Gasteiger partial charge is 0.332 e. The molecular weight excluding hydrogens is 525 g/mol. The molecule has 2 aliphatic heterocycles. The highest BCUT2D eigenvalue weighted by Crippen LogP contribution is 2.46. The number of nitrogens with zero attached hydrogens (tertiary/aromatic N) is 5. The molecule has 5 rings (SSSR count). The molecule has 0 radical (unpaired) electrons. The van der Waals surface area contributed by atoms with Crippen LogP contribution in [0.25, 0.3) is 6.08 Å². The normalized spacial score (nSPS) is 21.1. The van der Waals surface area contributed by atoms with E-state index in [2.05, 4.69) is 11.1 Å². The lowest BCUT2D eigenvalue weighted by molar-refractivity contribution is -0.127. The number of hydrogen-bond donors (Lipinski definition) is 0. The Morgan fingerprint density at radius 3 is 2.37 bits per heavy atom. The molecule has 4 amide bonds. The molecule has 3 heterocycles. The highest BCUT2D eigenvalue weighted by atomic mass is 35.5. The average molecular weight is 546 g/mol. The van der Waals surface area contributed by atoms with Crippen LogP contribution in [0.4, 0.5) is 10.5 Å². The van der Waals surface area contributed by atoms with E-state index in [1.165, 1.54) is 29.2 Å². The minimum atomic E-state index is -1.37. The maximum absolute atomic E-state index is 14.2. The minimum absolute atomic E-state index is 0.0109. The van der Waals surface area contributed by atoms with Crippen LogP contribution in [0.1, 0.15) is 22.6 Å². The van der Waals surface area contributed by atoms with E-state index in [4.69, 9.17) is 23.2 Å². The summed E-state index contributed by atoms with van der Waals surface area (Å²) in [6.07, 6.45) is 6.38. The summed E-state index contributed by atoms with van der Waals surface area (Å²) in [6, 6.07) is 16.4. The first-order chi connectivity index (χ1) is 18.2. The Bertz CT molecular complexity index is 1480. The quantitative estimate of drug-likeness (QED) is 0.348. The second-order valence-electron chi connectivity index (χ2n) is 9.15. The van der Waals surface area contributed by atoms with Crippen molar-refractivity contribution in [2.24, 2.45) is 0 Å². The van der Waals surface area contributed by atoms with Crippen LogP contribution in [0.15, 0.2) is 73.1 Å². The van der Waals surface area contributed by atoms with Gasteiger partial charge in [0.05, 0.1) is 23.9 Å². The third-order valence-corrected chi connectivity index (χ3v) is 7.48. The molecule has 8 nitrogen and oxygen atoms in total. The Morgan fingerprint density at radius 2 is 1.74 bits per heavy atom. The number of hydrogen-bond acceptors (Lipinski definition) is 5. The molecule has 2 atom stereocenters. The third-order valence-electron chi connectivity index (χ3n) is 7.05.